The monoisotopic (exact) mass is 199 g/mol. The molecular formula is C9H17N3O2. The molecule has 14 heavy (non-hydrogen) atoms. The summed E-state index contributed by atoms with van der Waals surface area (Å²) in [6, 6.07) is 0.114. The highest BCUT2D eigenvalue weighted by Gasteiger charge is 2.14. The lowest BCUT2D eigenvalue weighted by molar-refractivity contribution is -0.136. The second kappa shape index (κ2) is 6.01. The predicted molar refractivity (Wildman–Crippen MR) is 54.9 cm³/mol. The zero-order valence-corrected chi connectivity index (χ0v) is 8.76. The van der Waals surface area contributed by atoms with Crippen LogP contribution in [0.4, 0.5) is 0 Å². The lowest BCUT2D eigenvalue weighted by Gasteiger charge is -2.15. The molecule has 0 rings (SSSR count). The Bertz CT molecular complexity index is 248. The molecule has 0 aliphatic rings. The number of allylic oxidation sites excluding steroid dienone is 1. The molecule has 0 aromatic carbocycles. The smallest absolute Gasteiger partial charge is 0.356 e. The van der Waals surface area contributed by atoms with Crippen LogP contribution in [0.25, 0.3) is 0 Å². The molecule has 5 nitrogen and oxygen atoms in total. The van der Waals surface area contributed by atoms with Gasteiger partial charge in [0.25, 0.3) is 0 Å². The van der Waals surface area contributed by atoms with Crippen molar-refractivity contribution in [2.24, 2.45) is 5.73 Å². The molecule has 0 aromatic rings. The molecule has 0 aromatic heterocycles. The van der Waals surface area contributed by atoms with Crippen molar-refractivity contribution in [3.63, 3.8) is 0 Å². The average molecular weight is 199 g/mol. The van der Waals surface area contributed by atoms with Crippen molar-refractivity contribution in [1.29, 1.82) is 5.41 Å². The average Bonchev–Trinajstić information content (AvgIpc) is 2.23. The number of hydrogen-bond acceptors (Lipinski definition) is 5. The SMILES string of the molecule is CCC(C)N/C(C(=O)OC)=C(/N)C=N. The summed E-state index contributed by atoms with van der Waals surface area (Å²) >= 11 is 0. The molecule has 5 heteroatoms. The van der Waals surface area contributed by atoms with E-state index >= 15 is 0 Å². The number of ether oxygens (including phenoxy) is 1. The van der Waals surface area contributed by atoms with Gasteiger partial charge in [0.05, 0.1) is 12.8 Å². The van der Waals surface area contributed by atoms with Crippen LogP contribution in [0.3, 0.4) is 0 Å². The van der Waals surface area contributed by atoms with Crippen molar-refractivity contribution in [3.8, 4) is 0 Å². The highest BCUT2D eigenvalue weighted by atomic mass is 16.5. The van der Waals surface area contributed by atoms with E-state index in [2.05, 4.69) is 10.1 Å². The molecule has 0 spiro atoms. The number of carbonyl (C=O) groups is 1. The van der Waals surface area contributed by atoms with Crippen molar-refractivity contribution in [1.82, 2.24) is 5.32 Å². The first-order valence-corrected chi connectivity index (χ1v) is 4.41. The molecule has 0 aliphatic carbocycles. The van der Waals surface area contributed by atoms with Gasteiger partial charge in [-0.2, -0.15) is 0 Å². The molecule has 0 radical (unpaired) electrons. The quantitative estimate of drug-likeness (QED) is 0.339. The van der Waals surface area contributed by atoms with Gasteiger partial charge < -0.3 is 21.2 Å². The third-order valence-electron chi connectivity index (χ3n) is 1.84. The Balaban J connectivity index is 4.74. The van der Waals surface area contributed by atoms with E-state index in [-0.39, 0.29) is 17.4 Å². The van der Waals surface area contributed by atoms with Gasteiger partial charge in [-0.1, -0.05) is 6.92 Å². The van der Waals surface area contributed by atoms with Gasteiger partial charge in [-0.25, -0.2) is 4.79 Å². The number of nitrogens with one attached hydrogen (secondary N) is 2. The van der Waals surface area contributed by atoms with Crippen molar-refractivity contribution < 1.29 is 9.53 Å². The lowest BCUT2D eigenvalue weighted by Crippen LogP contribution is -2.32. The minimum Gasteiger partial charge on any atom is -0.464 e. The van der Waals surface area contributed by atoms with E-state index in [4.69, 9.17) is 11.1 Å². The molecule has 0 fully saturated rings. The highest BCUT2D eigenvalue weighted by molar-refractivity contribution is 5.94. The van der Waals surface area contributed by atoms with Crippen molar-refractivity contribution >= 4 is 12.2 Å². The Morgan fingerprint density at radius 3 is 2.64 bits per heavy atom. The first kappa shape index (κ1) is 12.5. The normalized spacial score (nSPS) is 13.9. The summed E-state index contributed by atoms with van der Waals surface area (Å²) < 4.78 is 4.54. The first-order valence-electron chi connectivity index (χ1n) is 4.41. The van der Waals surface area contributed by atoms with E-state index in [1.165, 1.54) is 7.11 Å². The fraction of sp³-hybridized carbons (Fsp3) is 0.556. The van der Waals surface area contributed by atoms with Gasteiger partial charge in [-0.05, 0) is 13.3 Å². The lowest BCUT2D eigenvalue weighted by atomic mass is 10.2. The molecule has 0 heterocycles. The predicted octanol–water partition coefficient (Wildman–Crippen LogP) is 0.367. The topological polar surface area (TPSA) is 88.2 Å². The van der Waals surface area contributed by atoms with Gasteiger partial charge in [0.1, 0.15) is 5.70 Å². The summed E-state index contributed by atoms with van der Waals surface area (Å²) in [6.07, 6.45) is 1.77. The van der Waals surface area contributed by atoms with Gasteiger partial charge in [-0.15, -0.1) is 0 Å². The largest absolute Gasteiger partial charge is 0.464 e. The summed E-state index contributed by atoms with van der Waals surface area (Å²) in [5, 5.41) is 9.85. The summed E-state index contributed by atoms with van der Waals surface area (Å²) in [4.78, 5) is 11.2. The highest BCUT2D eigenvalue weighted by Crippen LogP contribution is 2.00. The summed E-state index contributed by atoms with van der Waals surface area (Å²) in [5.74, 6) is -0.550. The van der Waals surface area contributed by atoms with Crippen LogP contribution < -0.4 is 11.1 Å². The van der Waals surface area contributed by atoms with Crippen LogP contribution in [0.2, 0.25) is 0 Å². The maximum atomic E-state index is 11.2. The zero-order valence-electron chi connectivity index (χ0n) is 8.76. The number of rotatable bonds is 5. The molecule has 0 aliphatic heterocycles. The molecule has 0 amide bonds. The molecule has 80 valence electrons. The van der Waals surface area contributed by atoms with E-state index in [1.54, 1.807) is 0 Å². The summed E-state index contributed by atoms with van der Waals surface area (Å²) in [6.45, 7) is 3.90. The van der Waals surface area contributed by atoms with E-state index < -0.39 is 5.97 Å². The van der Waals surface area contributed by atoms with E-state index in [9.17, 15) is 4.79 Å². The Kier molecular flexibility index (Phi) is 5.36. The maximum absolute atomic E-state index is 11.2. The van der Waals surface area contributed by atoms with Crippen LogP contribution in [-0.2, 0) is 9.53 Å². The van der Waals surface area contributed by atoms with Gasteiger partial charge in [0.2, 0.25) is 0 Å². The third-order valence-corrected chi connectivity index (χ3v) is 1.84. The molecule has 4 N–H and O–H groups in total. The second-order valence-electron chi connectivity index (χ2n) is 2.92. The standard InChI is InChI=1S/C9H17N3O2/c1-4-6(2)12-8(7(11)5-10)9(13)14-3/h5-6,10,12H,4,11H2,1-3H3/b8-7+,10-5?. The fourth-order valence-electron chi connectivity index (χ4n) is 0.783. The van der Waals surface area contributed by atoms with Gasteiger partial charge in [0, 0.05) is 12.3 Å². The summed E-state index contributed by atoms with van der Waals surface area (Å²) in [7, 11) is 1.28. The van der Waals surface area contributed by atoms with Crippen molar-refractivity contribution in [2.75, 3.05) is 7.11 Å². The van der Waals surface area contributed by atoms with E-state index in [1.807, 2.05) is 13.8 Å². The summed E-state index contributed by atoms with van der Waals surface area (Å²) in [5.41, 5.74) is 5.70. The number of carbonyl (C=O) groups excluding carboxylic acids is 1. The van der Waals surface area contributed by atoms with Crippen molar-refractivity contribution in [3.05, 3.63) is 11.4 Å². The molecule has 1 atom stereocenters. The van der Waals surface area contributed by atoms with Gasteiger partial charge in [0.15, 0.2) is 0 Å². The molecule has 1 unspecified atom stereocenters. The Labute approximate surface area is 83.8 Å². The van der Waals surface area contributed by atoms with Crippen molar-refractivity contribution in [2.45, 2.75) is 26.3 Å². The minimum absolute atomic E-state index is 0.0807. The first-order chi connectivity index (χ1) is 6.56. The van der Waals surface area contributed by atoms with E-state index in [0.29, 0.717) is 0 Å². The van der Waals surface area contributed by atoms with Crippen LogP contribution in [0.5, 0.6) is 0 Å². The van der Waals surface area contributed by atoms with Gasteiger partial charge >= 0.3 is 5.97 Å². The van der Waals surface area contributed by atoms with Crippen LogP contribution in [-0.4, -0.2) is 25.3 Å². The van der Waals surface area contributed by atoms with Crippen LogP contribution in [0.15, 0.2) is 11.4 Å². The maximum Gasteiger partial charge on any atom is 0.356 e. The number of hydrogen-bond donors (Lipinski definition) is 3. The number of nitrogens with two attached hydrogens (primary N) is 1. The minimum atomic E-state index is -0.550. The molecule has 0 bridgehead atoms. The second-order valence-corrected chi connectivity index (χ2v) is 2.92. The number of esters is 1. The molecule has 0 saturated heterocycles. The van der Waals surface area contributed by atoms with Gasteiger partial charge in [-0.3, -0.25) is 0 Å². The Hall–Kier alpha value is -1.52. The van der Waals surface area contributed by atoms with Crippen LogP contribution in [0, 0.1) is 5.41 Å². The van der Waals surface area contributed by atoms with Crippen LogP contribution in [0.1, 0.15) is 20.3 Å². The Morgan fingerprint density at radius 2 is 2.29 bits per heavy atom. The number of methoxy groups -OCH3 is 1. The molecule has 0 saturated carbocycles. The Morgan fingerprint density at radius 1 is 1.71 bits per heavy atom. The third kappa shape index (κ3) is 3.47. The zero-order chi connectivity index (χ0) is 11.1. The van der Waals surface area contributed by atoms with E-state index in [0.717, 1.165) is 12.6 Å². The molecular weight excluding hydrogens is 182 g/mol. The fourth-order valence-corrected chi connectivity index (χ4v) is 0.783. The van der Waals surface area contributed by atoms with Crippen LogP contribution >= 0.6 is 0 Å².